The summed E-state index contributed by atoms with van der Waals surface area (Å²) in [5.74, 6) is 0.537. The lowest BCUT2D eigenvalue weighted by Crippen LogP contribution is -2.58. The Balaban J connectivity index is 1.45. The summed E-state index contributed by atoms with van der Waals surface area (Å²) in [7, 11) is 1.93. The van der Waals surface area contributed by atoms with Gasteiger partial charge in [-0.05, 0) is 43.7 Å². The third-order valence-electron chi connectivity index (χ3n) is 6.36. The fourth-order valence-electron chi connectivity index (χ4n) is 4.72. The second-order valence-corrected chi connectivity index (χ2v) is 8.45. The van der Waals surface area contributed by atoms with Crippen LogP contribution < -0.4 is 5.32 Å². The predicted molar refractivity (Wildman–Crippen MR) is 104 cm³/mol. The number of nitrogens with zero attached hydrogens (tertiary/aromatic N) is 3. The fourth-order valence-corrected chi connectivity index (χ4v) is 4.72. The van der Waals surface area contributed by atoms with Crippen molar-refractivity contribution < 1.29 is 9.53 Å². The molecule has 2 saturated carbocycles. The summed E-state index contributed by atoms with van der Waals surface area (Å²) < 4.78 is 5.49. The van der Waals surface area contributed by atoms with E-state index < -0.39 is 0 Å². The average molecular weight is 373 g/mol. The molecule has 6 heteroatoms. The lowest BCUT2D eigenvalue weighted by molar-refractivity contribution is 0.0244. The molecule has 1 aromatic rings. The highest BCUT2D eigenvalue weighted by Gasteiger charge is 2.41. The molecule has 0 spiro atoms. The molecule has 6 nitrogen and oxygen atoms in total. The minimum Gasteiger partial charge on any atom is -0.379 e. The normalized spacial score (nSPS) is 23.7. The van der Waals surface area contributed by atoms with Gasteiger partial charge in [-0.25, -0.2) is 4.79 Å². The molecule has 0 radical (unpaired) electrons. The molecule has 0 aromatic carbocycles. The van der Waals surface area contributed by atoms with Crippen molar-refractivity contribution in [1.82, 2.24) is 20.1 Å². The van der Waals surface area contributed by atoms with Gasteiger partial charge in [-0.15, -0.1) is 0 Å². The first-order valence-electron chi connectivity index (χ1n) is 10.4. The van der Waals surface area contributed by atoms with Gasteiger partial charge in [-0.2, -0.15) is 0 Å². The maximum absolute atomic E-state index is 13.2. The van der Waals surface area contributed by atoms with Gasteiger partial charge in [0.1, 0.15) is 0 Å². The van der Waals surface area contributed by atoms with Gasteiger partial charge in [0.25, 0.3) is 0 Å². The Morgan fingerprint density at radius 2 is 2.07 bits per heavy atom. The van der Waals surface area contributed by atoms with Gasteiger partial charge in [-0.3, -0.25) is 9.88 Å². The van der Waals surface area contributed by atoms with Crippen molar-refractivity contribution in [2.75, 3.05) is 39.9 Å². The van der Waals surface area contributed by atoms with Crippen molar-refractivity contribution in [3.63, 3.8) is 0 Å². The predicted octanol–water partition coefficient (Wildman–Crippen LogP) is 2.82. The molecule has 27 heavy (non-hydrogen) atoms. The van der Waals surface area contributed by atoms with E-state index in [0.717, 1.165) is 51.4 Å². The Kier molecular flexibility index (Phi) is 5.64. The standard InChI is InChI=1S/C21H32N4O2/c1-24(19(17-7-8-17)18-6-2-5-11-22-18)20(26)23-21(9-3-4-10-21)16-25-12-14-27-15-13-25/h2,5-6,11,17,19H,3-4,7-10,12-16H2,1H3,(H,23,26)/t19-/m1/s1. The zero-order valence-electron chi connectivity index (χ0n) is 16.4. The van der Waals surface area contributed by atoms with Crippen LogP contribution in [-0.4, -0.2) is 66.2 Å². The van der Waals surface area contributed by atoms with Gasteiger partial charge in [0.2, 0.25) is 0 Å². The van der Waals surface area contributed by atoms with Gasteiger partial charge in [-0.1, -0.05) is 18.9 Å². The SMILES string of the molecule is CN(C(=O)NC1(CN2CCOCC2)CCCC1)[C@@H](c1ccccn1)C1CC1. The molecule has 3 fully saturated rings. The molecular formula is C21H32N4O2. The maximum atomic E-state index is 13.2. The largest absolute Gasteiger partial charge is 0.379 e. The molecule has 1 saturated heterocycles. The summed E-state index contributed by atoms with van der Waals surface area (Å²) in [6.07, 6.45) is 8.72. The molecule has 0 bridgehead atoms. The molecule has 1 atom stereocenters. The van der Waals surface area contributed by atoms with Crippen molar-refractivity contribution in [3.8, 4) is 0 Å². The first-order valence-corrected chi connectivity index (χ1v) is 10.4. The van der Waals surface area contributed by atoms with Gasteiger partial charge >= 0.3 is 6.03 Å². The Morgan fingerprint density at radius 1 is 1.33 bits per heavy atom. The molecule has 4 rings (SSSR count). The average Bonchev–Trinajstić information content (AvgIpc) is 3.42. The maximum Gasteiger partial charge on any atom is 0.318 e. The van der Waals surface area contributed by atoms with E-state index in [2.05, 4.69) is 15.2 Å². The van der Waals surface area contributed by atoms with E-state index in [1.54, 1.807) is 0 Å². The summed E-state index contributed by atoms with van der Waals surface area (Å²) >= 11 is 0. The van der Waals surface area contributed by atoms with Gasteiger partial charge in [0, 0.05) is 32.9 Å². The number of carbonyl (C=O) groups is 1. The number of rotatable bonds is 6. The van der Waals surface area contributed by atoms with Crippen LogP contribution in [0.1, 0.15) is 50.3 Å². The highest BCUT2D eigenvalue weighted by molar-refractivity contribution is 5.75. The van der Waals surface area contributed by atoms with E-state index >= 15 is 0 Å². The minimum absolute atomic E-state index is 0.0488. The summed E-state index contributed by atoms with van der Waals surface area (Å²) in [4.78, 5) is 22.1. The second-order valence-electron chi connectivity index (χ2n) is 8.45. The van der Waals surface area contributed by atoms with E-state index in [4.69, 9.17) is 4.74 Å². The van der Waals surface area contributed by atoms with Crippen LogP contribution in [-0.2, 0) is 4.74 Å². The summed E-state index contributed by atoms with van der Waals surface area (Å²) in [6.45, 7) is 4.46. The highest BCUT2D eigenvalue weighted by atomic mass is 16.5. The zero-order valence-corrected chi connectivity index (χ0v) is 16.4. The first-order chi connectivity index (χ1) is 13.2. The summed E-state index contributed by atoms with van der Waals surface area (Å²) in [5.41, 5.74) is 0.910. The molecule has 148 valence electrons. The van der Waals surface area contributed by atoms with E-state index in [-0.39, 0.29) is 17.6 Å². The molecule has 2 amide bonds. The van der Waals surface area contributed by atoms with Crippen molar-refractivity contribution in [2.24, 2.45) is 5.92 Å². The number of nitrogens with one attached hydrogen (secondary N) is 1. The first kappa shape index (κ1) is 18.7. The fraction of sp³-hybridized carbons (Fsp3) is 0.714. The summed E-state index contributed by atoms with van der Waals surface area (Å²) in [6, 6.07) is 6.12. The van der Waals surface area contributed by atoms with Crippen LogP contribution in [0.3, 0.4) is 0 Å². The lowest BCUT2D eigenvalue weighted by atomic mass is 9.96. The van der Waals surface area contributed by atoms with Crippen LogP contribution in [0.4, 0.5) is 4.79 Å². The molecule has 1 aromatic heterocycles. The number of ether oxygens (including phenoxy) is 1. The van der Waals surface area contributed by atoms with Gasteiger partial charge < -0.3 is 15.0 Å². The van der Waals surface area contributed by atoms with E-state index in [1.807, 2.05) is 36.3 Å². The number of aromatic nitrogens is 1. The zero-order chi connectivity index (χ0) is 18.7. The molecule has 3 aliphatic rings. The van der Waals surface area contributed by atoms with E-state index in [0.29, 0.717) is 5.92 Å². The topological polar surface area (TPSA) is 57.7 Å². The van der Waals surface area contributed by atoms with Crippen LogP contribution >= 0.6 is 0 Å². The van der Waals surface area contributed by atoms with E-state index in [9.17, 15) is 4.79 Å². The van der Waals surface area contributed by atoms with Crippen molar-refractivity contribution in [3.05, 3.63) is 30.1 Å². The van der Waals surface area contributed by atoms with Crippen molar-refractivity contribution in [2.45, 2.75) is 50.1 Å². The monoisotopic (exact) mass is 372 g/mol. The smallest absolute Gasteiger partial charge is 0.318 e. The Hall–Kier alpha value is -1.66. The Labute approximate surface area is 162 Å². The molecule has 1 N–H and O–H groups in total. The van der Waals surface area contributed by atoms with Crippen LogP contribution in [0.25, 0.3) is 0 Å². The third kappa shape index (κ3) is 4.43. The quantitative estimate of drug-likeness (QED) is 0.834. The van der Waals surface area contributed by atoms with Crippen LogP contribution in [0, 0.1) is 5.92 Å². The van der Waals surface area contributed by atoms with Gasteiger partial charge in [0.15, 0.2) is 0 Å². The second kappa shape index (κ2) is 8.15. The molecule has 1 aliphatic heterocycles. The number of hydrogen-bond acceptors (Lipinski definition) is 4. The van der Waals surface area contributed by atoms with Crippen molar-refractivity contribution >= 4 is 6.03 Å². The molecule has 0 unspecified atom stereocenters. The lowest BCUT2D eigenvalue weighted by Gasteiger charge is -2.39. The Bertz CT molecular complexity index is 622. The number of urea groups is 1. The van der Waals surface area contributed by atoms with Gasteiger partial charge in [0.05, 0.1) is 30.5 Å². The minimum atomic E-state index is -0.0963. The highest BCUT2D eigenvalue weighted by Crippen LogP contribution is 2.43. The van der Waals surface area contributed by atoms with Crippen LogP contribution in [0.2, 0.25) is 0 Å². The number of hydrogen-bond donors (Lipinski definition) is 1. The third-order valence-corrected chi connectivity index (χ3v) is 6.36. The molecule has 2 aliphatic carbocycles. The van der Waals surface area contributed by atoms with Crippen LogP contribution in [0.15, 0.2) is 24.4 Å². The van der Waals surface area contributed by atoms with E-state index in [1.165, 1.54) is 25.7 Å². The van der Waals surface area contributed by atoms with Crippen LogP contribution in [0.5, 0.6) is 0 Å². The van der Waals surface area contributed by atoms with Crippen molar-refractivity contribution in [1.29, 1.82) is 0 Å². The number of pyridine rings is 1. The number of morpholine rings is 1. The molecule has 2 heterocycles. The summed E-state index contributed by atoms with van der Waals surface area (Å²) in [5, 5.41) is 3.45. The molecular weight excluding hydrogens is 340 g/mol. The number of carbonyl (C=O) groups excluding carboxylic acids is 1. The Morgan fingerprint density at radius 3 is 2.70 bits per heavy atom. The number of amides is 2.